The van der Waals surface area contributed by atoms with E-state index in [4.69, 9.17) is 0 Å². The zero-order valence-electron chi connectivity index (χ0n) is 16.0. The van der Waals surface area contributed by atoms with Gasteiger partial charge in [-0.3, -0.25) is 0 Å². The summed E-state index contributed by atoms with van der Waals surface area (Å²) in [5.41, 5.74) is -0.00946. The fraction of sp³-hybridized carbons (Fsp3) is 1.00. The minimum Gasteiger partial charge on any atom is -0.393 e. The summed E-state index contributed by atoms with van der Waals surface area (Å²) in [5, 5.41) is 21.1. The Morgan fingerprint density at radius 1 is 0.917 bits per heavy atom. The van der Waals surface area contributed by atoms with Gasteiger partial charge in [0, 0.05) is 0 Å². The van der Waals surface area contributed by atoms with Crippen molar-refractivity contribution in [2.24, 2.45) is 40.9 Å². The van der Waals surface area contributed by atoms with Gasteiger partial charge in [0.2, 0.25) is 0 Å². The maximum atomic E-state index is 10.6. The molecular weight excluding hydrogens is 296 g/mol. The summed E-state index contributed by atoms with van der Waals surface area (Å²) < 4.78 is 0. The second kappa shape index (κ2) is 5.98. The van der Waals surface area contributed by atoms with E-state index < -0.39 is 5.60 Å². The van der Waals surface area contributed by atoms with Crippen LogP contribution in [0.3, 0.4) is 0 Å². The fourth-order valence-electron chi connectivity index (χ4n) is 8.04. The van der Waals surface area contributed by atoms with Crippen molar-refractivity contribution in [3.8, 4) is 0 Å². The highest BCUT2D eigenvalue weighted by molar-refractivity contribution is 5.07. The maximum absolute atomic E-state index is 10.6. The van der Waals surface area contributed by atoms with E-state index in [-0.39, 0.29) is 6.10 Å². The first-order chi connectivity index (χ1) is 11.4. The van der Waals surface area contributed by atoms with E-state index in [1.165, 1.54) is 44.9 Å². The van der Waals surface area contributed by atoms with E-state index >= 15 is 0 Å². The summed E-state index contributed by atoms with van der Waals surface area (Å²) in [6.45, 7) is 6.72. The van der Waals surface area contributed by atoms with Crippen molar-refractivity contribution in [2.45, 2.75) is 96.7 Å². The first-order valence-electron chi connectivity index (χ1n) is 10.8. The molecule has 0 aromatic rings. The Hall–Kier alpha value is -0.0800. The number of hydrogen-bond acceptors (Lipinski definition) is 2. The number of aliphatic hydroxyl groups is 2. The van der Waals surface area contributed by atoms with Crippen molar-refractivity contribution < 1.29 is 10.2 Å². The average Bonchev–Trinajstić information content (AvgIpc) is 2.90. The maximum Gasteiger partial charge on any atom is 0.0622 e. The molecule has 4 rings (SSSR count). The van der Waals surface area contributed by atoms with Crippen molar-refractivity contribution in [1.29, 1.82) is 0 Å². The monoisotopic (exact) mass is 334 g/mol. The Labute approximate surface area is 148 Å². The van der Waals surface area contributed by atoms with Gasteiger partial charge in [0.15, 0.2) is 0 Å². The highest BCUT2D eigenvalue weighted by atomic mass is 16.3. The van der Waals surface area contributed by atoms with Crippen molar-refractivity contribution in [3.63, 3.8) is 0 Å². The molecule has 138 valence electrons. The molecule has 0 amide bonds. The van der Waals surface area contributed by atoms with Crippen LogP contribution in [0.1, 0.15) is 85.0 Å². The molecule has 24 heavy (non-hydrogen) atoms. The molecule has 2 nitrogen and oxygen atoms in total. The van der Waals surface area contributed by atoms with Crippen molar-refractivity contribution in [1.82, 2.24) is 0 Å². The SMILES string of the molecule is CCC(O)[C@H]1CC[C@H]2[C@@H]3CC[C@@H]4C[C@](C)(O)CC[C@@H]4[C@H]3CC[C@]12C. The molecule has 0 aliphatic heterocycles. The highest BCUT2D eigenvalue weighted by Crippen LogP contribution is 2.65. The standard InChI is InChI=1S/C22H38O2/c1-4-20(23)19-8-7-18-17-6-5-14-13-21(2,24)11-9-15(14)16(17)10-12-22(18,19)3/h14-20,23-24H,4-13H2,1-3H3/t14-,15+,16-,17-,18+,19-,20?,21-,22+/m1/s1. The molecule has 4 aliphatic rings. The fourth-order valence-corrected chi connectivity index (χ4v) is 8.04. The van der Waals surface area contributed by atoms with Crippen LogP contribution in [0.15, 0.2) is 0 Å². The van der Waals surface area contributed by atoms with Crippen LogP contribution in [-0.4, -0.2) is 21.9 Å². The molecule has 4 fully saturated rings. The summed E-state index contributed by atoms with van der Waals surface area (Å²) >= 11 is 0. The molecule has 0 spiro atoms. The molecule has 1 unspecified atom stereocenters. The summed E-state index contributed by atoms with van der Waals surface area (Å²) in [5.74, 6) is 4.86. The number of hydrogen-bond donors (Lipinski definition) is 2. The van der Waals surface area contributed by atoms with Gasteiger partial charge in [0.05, 0.1) is 11.7 Å². The third kappa shape index (κ3) is 2.58. The number of aliphatic hydroxyl groups excluding tert-OH is 1. The lowest BCUT2D eigenvalue weighted by atomic mass is 9.49. The number of rotatable bonds is 2. The minimum absolute atomic E-state index is 0.0855. The van der Waals surface area contributed by atoms with Gasteiger partial charge in [-0.1, -0.05) is 13.8 Å². The third-order valence-corrected chi connectivity index (χ3v) is 9.19. The number of fused-ring (bicyclic) bond motifs is 5. The molecule has 2 N–H and O–H groups in total. The van der Waals surface area contributed by atoms with Crippen LogP contribution >= 0.6 is 0 Å². The lowest BCUT2D eigenvalue weighted by Gasteiger charge is -2.57. The van der Waals surface area contributed by atoms with Crippen LogP contribution in [0.5, 0.6) is 0 Å². The van der Waals surface area contributed by atoms with Crippen molar-refractivity contribution in [2.75, 3.05) is 0 Å². The molecule has 4 aliphatic carbocycles. The highest BCUT2D eigenvalue weighted by Gasteiger charge is 2.58. The van der Waals surface area contributed by atoms with Gasteiger partial charge >= 0.3 is 0 Å². The summed E-state index contributed by atoms with van der Waals surface area (Å²) in [6, 6.07) is 0. The quantitative estimate of drug-likeness (QED) is 0.763. The Morgan fingerprint density at radius 2 is 1.67 bits per heavy atom. The molecule has 0 bridgehead atoms. The predicted molar refractivity (Wildman–Crippen MR) is 97.5 cm³/mol. The van der Waals surface area contributed by atoms with E-state index in [1.807, 2.05) is 0 Å². The molecule has 0 saturated heterocycles. The van der Waals surface area contributed by atoms with Crippen molar-refractivity contribution >= 4 is 0 Å². The molecule has 9 atom stereocenters. The van der Waals surface area contributed by atoms with E-state index in [1.54, 1.807) is 0 Å². The topological polar surface area (TPSA) is 40.5 Å². The molecule has 2 heteroatoms. The zero-order chi connectivity index (χ0) is 17.1. The summed E-state index contributed by atoms with van der Waals surface area (Å²) in [4.78, 5) is 0. The lowest BCUT2D eigenvalue weighted by Crippen LogP contribution is -2.51. The van der Waals surface area contributed by atoms with Crippen LogP contribution in [0.2, 0.25) is 0 Å². The van der Waals surface area contributed by atoms with Gasteiger partial charge in [-0.25, -0.2) is 0 Å². The van der Waals surface area contributed by atoms with E-state index in [0.29, 0.717) is 11.3 Å². The minimum atomic E-state index is -0.402. The summed E-state index contributed by atoms with van der Waals surface area (Å²) in [6.07, 6.45) is 12.2. The van der Waals surface area contributed by atoms with Crippen molar-refractivity contribution in [3.05, 3.63) is 0 Å². The van der Waals surface area contributed by atoms with Crippen LogP contribution in [0.25, 0.3) is 0 Å². The molecule has 0 aromatic heterocycles. The second-order valence-electron chi connectivity index (χ2n) is 10.4. The van der Waals surface area contributed by atoms with Gasteiger partial charge in [-0.2, -0.15) is 0 Å². The Morgan fingerprint density at radius 3 is 2.42 bits per heavy atom. The third-order valence-electron chi connectivity index (χ3n) is 9.19. The normalized spacial score (nSPS) is 55.4. The second-order valence-corrected chi connectivity index (χ2v) is 10.4. The van der Waals surface area contributed by atoms with Crippen LogP contribution in [0, 0.1) is 40.9 Å². The van der Waals surface area contributed by atoms with Gasteiger partial charge < -0.3 is 10.2 Å². The van der Waals surface area contributed by atoms with Gasteiger partial charge in [0.1, 0.15) is 0 Å². The predicted octanol–water partition coefficient (Wildman–Crippen LogP) is 4.78. The molecule has 0 radical (unpaired) electrons. The van der Waals surface area contributed by atoms with Gasteiger partial charge in [0.25, 0.3) is 0 Å². The smallest absolute Gasteiger partial charge is 0.0622 e. The van der Waals surface area contributed by atoms with E-state index in [2.05, 4.69) is 20.8 Å². The van der Waals surface area contributed by atoms with Crippen LogP contribution < -0.4 is 0 Å². The van der Waals surface area contributed by atoms with Gasteiger partial charge in [-0.05, 0) is 112 Å². The van der Waals surface area contributed by atoms with E-state index in [9.17, 15) is 10.2 Å². The molecule has 0 aromatic carbocycles. The molecule has 4 saturated carbocycles. The lowest BCUT2D eigenvalue weighted by molar-refractivity contribution is -0.108. The Balaban J connectivity index is 1.53. The first-order valence-corrected chi connectivity index (χ1v) is 10.8. The average molecular weight is 335 g/mol. The Bertz CT molecular complexity index is 473. The van der Waals surface area contributed by atoms with Crippen LogP contribution in [-0.2, 0) is 0 Å². The van der Waals surface area contributed by atoms with Crippen LogP contribution in [0.4, 0.5) is 0 Å². The first kappa shape index (κ1) is 17.3. The Kier molecular flexibility index (Phi) is 4.32. The largest absolute Gasteiger partial charge is 0.393 e. The summed E-state index contributed by atoms with van der Waals surface area (Å²) in [7, 11) is 0. The molecular formula is C22H38O2. The zero-order valence-corrected chi connectivity index (χ0v) is 16.0. The van der Waals surface area contributed by atoms with Gasteiger partial charge in [-0.15, -0.1) is 0 Å². The van der Waals surface area contributed by atoms with E-state index in [0.717, 1.165) is 48.9 Å². The molecule has 0 heterocycles.